The van der Waals surface area contributed by atoms with Crippen LogP contribution < -0.4 is 5.32 Å². The van der Waals surface area contributed by atoms with Gasteiger partial charge in [-0.05, 0) is 48.5 Å². The first-order chi connectivity index (χ1) is 20.9. The van der Waals surface area contributed by atoms with Crippen molar-refractivity contribution in [3.63, 3.8) is 0 Å². The summed E-state index contributed by atoms with van der Waals surface area (Å²) in [6.45, 7) is 19.2. The molecular formula is C37H57NO5Si. The van der Waals surface area contributed by atoms with Crippen LogP contribution >= 0.6 is 0 Å². The molecule has 0 radical (unpaired) electrons. The average Bonchev–Trinajstić information content (AvgIpc) is 2.98. The lowest BCUT2D eigenvalue weighted by atomic mass is 9.97. The molecule has 0 aliphatic rings. The minimum Gasteiger partial charge on any atom is -0.462 e. The molecule has 2 aromatic carbocycles. The van der Waals surface area contributed by atoms with Crippen LogP contribution in [0.4, 0.5) is 4.79 Å². The highest BCUT2D eigenvalue weighted by molar-refractivity contribution is 6.74. The first-order valence-corrected chi connectivity index (χ1v) is 19.3. The maximum absolute atomic E-state index is 13.6. The Morgan fingerprint density at radius 2 is 1.50 bits per heavy atom. The van der Waals surface area contributed by atoms with E-state index in [1.54, 1.807) is 0 Å². The van der Waals surface area contributed by atoms with E-state index >= 15 is 0 Å². The molecule has 0 fully saturated rings. The minimum absolute atomic E-state index is 0.0270. The molecule has 244 valence electrons. The summed E-state index contributed by atoms with van der Waals surface area (Å²) in [5, 5.41) is 2.97. The van der Waals surface area contributed by atoms with Crippen LogP contribution in [0.5, 0.6) is 0 Å². The summed E-state index contributed by atoms with van der Waals surface area (Å²) >= 11 is 0. The number of ether oxygens (including phenoxy) is 2. The third-order valence-corrected chi connectivity index (χ3v) is 13.2. The molecule has 0 unspecified atom stereocenters. The quantitative estimate of drug-likeness (QED) is 0.0730. The number of nitrogens with one attached hydrogen (secondary N) is 1. The lowest BCUT2D eigenvalue weighted by molar-refractivity contribution is -0.153. The highest BCUT2D eigenvalue weighted by Crippen LogP contribution is 2.38. The molecule has 2 aromatic rings. The highest BCUT2D eigenvalue weighted by atomic mass is 28.4. The van der Waals surface area contributed by atoms with E-state index in [1.165, 1.54) is 19.3 Å². The molecule has 4 atom stereocenters. The second-order valence-corrected chi connectivity index (χ2v) is 18.2. The molecule has 0 bridgehead atoms. The Hall–Kier alpha value is -2.90. The SMILES string of the molecule is C=C[C@@H](C)[C@@H](CCCCCCC)OC(=O)C[C@@H](O[Si](C)(C)C(C)(C)C)[C@H](Cc1ccccc1)NC(=O)OCc1ccccc1. The van der Waals surface area contributed by atoms with Crippen molar-refractivity contribution in [3.05, 3.63) is 84.4 Å². The standard InChI is InChI=1S/C37H57NO5Si/c1-9-11-12-13-20-25-33(29(3)10-2)42-35(39)27-34(43-44(7,8)37(4,5)6)32(26-30-21-16-14-17-22-30)38-36(40)41-28-31-23-18-15-19-24-31/h10,14-19,21-24,29,32-34H,2,9,11-13,20,25-28H2,1,3-8H3,(H,38,40)/t29-,32+,33-,34-/m1/s1. The van der Waals surface area contributed by atoms with Crippen LogP contribution in [0.2, 0.25) is 18.1 Å². The van der Waals surface area contributed by atoms with Gasteiger partial charge in [-0.1, -0.05) is 127 Å². The maximum atomic E-state index is 13.6. The number of esters is 1. The minimum atomic E-state index is -2.36. The number of carbonyl (C=O) groups excluding carboxylic acids is 2. The van der Waals surface area contributed by atoms with Gasteiger partial charge in [0.2, 0.25) is 0 Å². The summed E-state index contributed by atoms with van der Waals surface area (Å²) in [6.07, 6.45) is 7.51. The van der Waals surface area contributed by atoms with E-state index in [1.807, 2.05) is 73.7 Å². The average molecular weight is 624 g/mol. The zero-order valence-electron chi connectivity index (χ0n) is 28.3. The molecule has 0 aromatic heterocycles. The van der Waals surface area contributed by atoms with Crippen LogP contribution in [0.15, 0.2) is 73.3 Å². The predicted molar refractivity (Wildman–Crippen MR) is 183 cm³/mol. The lowest BCUT2D eigenvalue weighted by Gasteiger charge is -2.41. The number of hydrogen-bond acceptors (Lipinski definition) is 5. The number of unbranched alkanes of at least 4 members (excludes halogenated alkanes) is 4. The molecular weight excluding hydrogens is 566 g/mol. The second-order valence-electron chi connectivity index (χ2n) is 13.4. The van der Waals surface area contributed by atoms with Gasteiger partial charge in [0.1, 0.15) is 12.7 Å². The van der Waals surface area contributed by atoms with Crippen LogP contribution in [-0.4, -0.2) is 38.6 Å². The first-order valence-electron chi connectivity index (χ1n) is 16.4. The fourth-order valence-electron chi connectivity index (χ4n) is 4.79. The Morgan fingerprint density at radius 1 is 0.909 bits per heavy atom. The summed E-state index contributed by atoms with van der Waals surface area (Å²) in [5.41, 5.74) is 1.93. The Bertz CT molecular complexity index is 1120. The van der Waals surface area contributed by atoms with E-state index in [4.69, 9.17) is 13.9 Å². The van der Waals surface area contributed by atoms with Gasteiger partial charge < -0.3 is 19.2 Å². The molecule has 0 saturated heterocycles. The summed E-state index contributed by atoms with van der Waals surface area (Å²) in [4.78, 5) is 26.8. The van der Waals surface area contributed by atoms with Gasteiger partial charge in [-0.3, -0.25) is 4.79 Å². The maximum Gasteiger partial charge on any atom is 0.407 e. The highest BCUT2D eigenvalue weighted by Gasteiger charge is 2.42. The van der Waals surface area contributed by atoms with Crippen molar-refractivity contribution < 1.29 is 23.5 Å². The molecule has 1 amide bonds. The van der Waals surface area contributed by atoms with Crippen molar-refractivity contribution in [2.45, 2.75) is 129 Å². The molecule has 0 saturated carbocycles. The lowest BCUT2D eigenvalue weighted by Crippen LogP contribution is -2.53. The Balaban J connectivity index is 2.30. The largest absolute Gasteiger partial charge is 0.462 e. The van der Waals surface area contributed by atoms with Crippen LogP contribution in [0.1, 0.15) is 90.7 Å². The van der Waals surface area contributed by atoms with Gasteiger partial charge in [0.25, 0.3) is 0 Å². The van der Waals surface area contributed by atoms with E-state index in [-0.39, 0.29) is 36.1 Å². The number of alkyl carbamates (subject to hydrolysis) is 1. The molecule has 44 heavy (non-hydrogen) atoms. The molecule has 0 aliphatic carbocycles. The molecule has 0 heterocycles. The van der Waals surface area contributed by atoms with Gasteiger partial charge >= 0.3 is 12.1 Å². The zero-order valence-corrected chi connectivity index (χ0v) is 29.3. The molecule has 2 rings (SSSR count). The van der Waals surface area contributed by atoms with E-state index in [0.717, 1.165) is 30.4 Å². The van der Waals surface area contributed by atoms with Crippen molar-refractivity contribution in [1.82, 2.24) is 5.32 Å². The van der Waals surface area contributed by atoms with Crippen molar-refractivity contribution in [3.8, 4) is 0 Å². The topological polar surface area (TPSA) is 73.9 Å². The fraction of sp³-hybridized carbons (Fsp3) is 0.568. The van der Waals surface area contributed by atoms with E-state index in [0.29, 0.717) is 6.42 Å². The molecule has 6 nitrogen and oxygen atoms in total. The molecule has 0 aliphatic heterocycles. The number of benzene rings is 2. The van der Waals surface area contributed by atoms with Gasteiger partial charge in [0, 0.05) is 5.92 Å². The van der Waals surface area contributed by atoms with Crippen molar-refractivity contribution in [1.29, 1.82) is 0 Å². The summed E-state index contributed by atoms with van der Waals surface area (Å²) in [7, 11) is -2.36. The van der Waals surface area contributed by atoms with Gasteiger partial charge in [-0.25, -0.2) is 4.79 Å². The van der Waals surface area contributed by atoms with Crippen molar-refractivity contribution in [2.24, 2.45) is 5.92 Å². The van der Waals surface area contributed by atoms with Crippen LogP contribution in [0.25, 0.3) is 0 Å². The van der Waals surface area contributed by atoms with E-state index < -0.39 is 26.6 Å². The van der Waals surface area contributed by atoms with Gasteiger partial charge in [0.15, 0.2) is 8.32 Å². The first kappa shape index (κ1) is 37.3. The van der Waals surface area contributed by atoms with Crippen LogP contribution in [-0.2, 0) is 31.7 Å². The van der Waals surface area contributed by atoms with Crippen molar-refractivity contribution in [2.75, 3.05) is 0 Å². The van der Waals surface area contributed by atoms with Gasteiger partial charge in [-0.15, -0.1) is 6.58 Å². The number of rotatable bonds is 19. The molecule has 1 N–H and O–H groups in total. The van der Waals surface area contributed by atoms with E-state index in [2.05, 4.69) is 52.7 Å². The summed E-state index contributed by atoms with van der Waals surface area (Å²) in [5.74, 6) is -0.283. The zero-order chi connectivity index (χ0) is 32.6. The van der Waals surface area contributed by atoms with Gasteiger partial charge in [0.05, 0.1) is 18.6 Å². The fourth-order valence-corrected chi connectivity index (χ4v) is 6.15. The number of hydrogen-bond donors (Lipinski definition) is 1. The Morgan fingerprint density at radius 3 is 2.07 bits per heavy atom. The smallest absolute Gasteiger partial charge is 0.407 e. The number of carbonyl (C=O) groups is 2. The molecule has 0 spiro atoms. The van der Waals surface area contributed by atoms with Crippen LogP contribution in [0, 0.1) is 5.92 Å². The summed E-state index contributed by atoms with van der Waals surface area (Å²) in [6, 6.07) is 19.0. The van der Waals surface area contributed by atoms with Gasteiger partial charge in [-0.2, -0.15) is 0 Å². The summed E-state index contributed by atoms with van der Waals surface area (Å²) < 4.78 is 18.7. The number of amides is 1. The predicted octanol–water partition coefficient (Wildman–Crippen LogP) is 9.40. The third kappa shape index (κ3) is 13.4. The van der Waals surface area contributed by atoms with E-state index in [9.17, 15) is 9.59 Å². The second kappa shape index (κ2) is 18.8. The third-order valence-electron chi connectivity index (χ3n) is 8.72. The normalized spacial score (nSPS) is 14.6. The van der Waals surface area contributed by atoms with Crippen LogP contribution in [0.3, 0.4) is 0 Å². The van der Waals surface area contributed by atoms with Crippen molar-refractivity contribution >= 4 is 20.4 Å². The molecule has 7 heteroatoms. The monoisotopic (exact) mass is 623 g/mol. The Labute approximate surface area is 268 Å². The Kier molecular flexibility index (Phi) is 15.9.